The Labute approximate surface area is 125 Å². The summed E-state index contributed by atoms with van der Waals surface area (Å²) in [6, 6.07) is 5.62. The Morgan fingerprint density at radius 1 is 1.24 bits per heavy atom. The number of hydrogen-bond donors (Lipinski definition) is 2. The van der Waals surface area contributed by atoms with Gasteiger partial charge in [-0.1, -0.05) is 6.42 Å². The number of rotatable bonds is 5. The fourth-order valence-electron chi connectivity index (χ4n) is 3.21. The van der Waals surface area contributed by atoms with Crippen molar-refractivity contribution in [2.24, 2.45) is 5.73 Å². The Kier molecular flexibility index (Phi) is 4.25. The van der Waals surface area contributed by atoms with Gasteiger partial charge in [-0.3, -0.25) is 4.79 Å². The molecule has 2 aromatic rings. The third-order valence-corrected chi connectivity index (χ3v) is 4.42. The van der Waals surface area contributed by atoms with Gasteiger partial charge in [-0.05, 0) is 69.1 Å². The first kappa shape index (κ1) is 14.1. The number of fused-ring (bicyclic) bond motifs is 1. The summed E-state index contributed by atoms with van der Waals surface area (Å²) in [5.74, 6) is -0.364. The molecule has 0 unspecified atom stereocenters. The van der Waals surface area contributed by atoms with Crippen molar-refractivity contribution >= 4 is 16.8 Å². The van der Waals surface area contributed by atoms with Crippen LogP contribution in [0.25, 0.3) is 10.9 Å². The minimum absolute atomic E-state index is 0.364. The maximum atomic E-state index is 11.3. The van der Waals surface area contributed by atoms with Gasteiger partial charge >= 0.3 is 0 Å². The first-order chi connectivity index (χ1) is 10.2. The lowest BCUT2D eigenvalue weighted by atomic mass is 10.0. The Hall–Kier alpha value is -1.81. The van der Waals surface area contributed by atoms with Gasteiger partial charge < -0.3 is 15.6 Å². The van der Waals surface area contributed by atoms with Gasteiger partial charge in [0.15, 0.2) is 0 Å². The van der Waals surface area contributed by atoms with E-state index in [1.54, 1.807) is 6.07 Å². The molecule has 3 rings (SSSR count). The number of likely N-dealkylation sites (tertiary alicyclic amines) is 1. The van der Waals surface area contributed by atoms with Crippen molar-refractivity contribution in [3.63, 3.8) is 0 Å². The van der Waals surface area contributed by atoms with Crippen LogP contribution in [0.15, 0.2) is 24.4 Å². The standard InChI is InChI=1S/C17H23N3O/c18-17(21)13-6-7-16-15(11-13)14(12-19-16)5-4-10-20-8-2-1-3-9-20/h6-7,11-12,19H,1-5,8-10H2,(H2,18,21). The third kappa shape index (κ3) is 3.27. The zero-order valence-corrected chi connectivity index (χ0v) is 12.4. The molecule has 0 aliphatic carbocycles. The van der Waals surface area contributed by atoms with E-state index in [9.17, 15) is 4.79 Å². The van der Waals surface area contributed by atoms with Crippen LogP contribution in [0.2, 0.25) is 0 Å². The molecule has 21 heavy (non-hydrogen) atoms. The van der Waals surface area contributed by atoms with Crippen LogP contribution in [-0.4, -0.2) is 35.4 Å². The molecule has 4 heteroatoms. The molecule has 4 nitrogen and oxygen atoms in total. The number of nitrogens with zero attached hydrogens (tertiary/aromatic N) is 1. The van der Waals surface area contributed by atoms with Crippen molar-refractivity contribution in [1.29, 1.82) is 0 Å². The van der Waals surface area contributed by atoms with Crippen molar-refractivity contribution in [2.75, 3.05) is 19.6 Å². The SMILES string of the molecule is NC(=O)c1ccc2[nH]cc(CCCN3CCCCC3)c2c1. The van der Waals surface area contributed by atoms with Gasteiger partial charge in [-0.15, -0.1) is 0 Å². The lowest BCUT2D eigenvalue weighted by Gasteiger charge is -2.26. The fourth-order valence-corrected chi connectivity index (χ4v) is 3.21. The van der Waals surface area contributed by atoms with Crippen LogP contribution in [0.5, 0.6) is 0 Å². The number of primary amides is 1. The van der Waals surface area contributed by atoms with E-state index in [0.717, 1.165) is 23.7 Å². The second-order valence-corrected chi connectivity index (χ2v) is 5.94. The Balaban J connectivity index is 1.65. The summed E-state index contributed by atoms with van der Waals surface area (Å²) >= 11 is 0. The third-order valence-electron chi connectivity index (χ3n) is 4.42. The molecule has 112 valence electrons. The Morgan fingerprint density at radius 3 is 2.81 bits per heavy atom. The molecule has 0 bridgehead atoms. The van der Waals surface area contributed by atoms with E-state index < -0.39 is 0 Å². The van der Waals surface area contributed by atoms with E-state index in [2.05, 4.69) is 16.1 Å². The number of carbonyl (C=O) groups is 1. The molecule has 1 aromatic carbocycles. The van der Waals surface area contributed by atoms with Crippen LogP contribution < -0.4 is 5.73 Å². The van der Waals surface area contributed by atoms with E-state index >= 15 is 0 Å². The molecule has 1 aromatic heterocycles. The average molecular weight is 285 g/mol. The lowest BCUT2D eigenvalue weighted by molar-refractivity contribution is 0.100. The molecule has 1 aliphatic rings. The highest BCUT2D eigenvalue weighted by Crippen LogP contribution is 2.21. The molecule has 1 fully saturated rings. The highest BCUT2D eigenvalue weighted by Gasteiger charge is 2.11. The second-order valence-electron chi connectivity index (χ2n) is 5.94. The van der Waals surface area contributed by atoms with Gasteiger partial charge in [0.25, 0.3) is 0 Å². The molecular formula is C17H23N3O. The predicted molar refractivity (Wildman–Crippen MR) is 85.4 cm³/mol. The van der Waals surface area contributed by atoms with Crippen molar-refractivity contribution < 1.29 is 4.79 Å². The number of hydrogen-bond acceptors (Lipinski definition) is 2. The van der Waals surface area contributed by atoms with Crippen LogP contribution in [0.4, 0.5) is 0 Å². The molecule has 0 atom stereocenters. The smallest absolute Gasteiger partial charge is 0.248 e. The van der Waals surface area contributed by atoms with E-state index in [-0.39, 0.29) is 5.91 Å². The number of aromatic amines is 1. The van der Waals surface area contributed by atoms with E-state index in [4.69, 9.17) is 5.73 Å². The maximum Gasteiger partial charge on any atom is 0.248 e. The van der Waals surface area contributed by atoms with Crippen LogP contribution in [0.1, 0.15) is 41.6 Å². The van der Waals surface area contributed by atoms with Crippen molar-refractivity contribution in [1.82, 2.24) is 9.88 Å². The maximum absolute atomic E-state index is 11.3. The number of aryl methyl sites for hydroxylation is 1. The highest BCUT2D eigenvalue weighted by molar-refractivity contribution is 5.97. The van der Waals surface area contributed by atoms with Gasteiger partial charge in [0.2, 0.25) is 5.91 Å². The Bertz CT molecular complexity index is 626. The largest absolute Gasteiger partial charge is 0.366 e. The normalized spacial score (nSPS) is 16.4. The quantitative estimate of drug-likeness (QED) is 0.887. The molecule has 0 spiro atoms. The number of H-pyrrole nitrogens is 1. The van der Waals surface area contributed by atoms with Crippen LogP contribution in [-0.2, 0) is 6.42 Å². The highest BCUT2D eigenvalue weighted by atomic mass is 16.1. The molecule has 3 N–H and O–H groups in total. The predicted octanol–water partition coefficient (Wildman–Crippen LogP) is 2.69. The molecule has 1 aliphatic heterocycles. The first-order valence-electron chi connectivity index (χ1n) is 7.86. The number of piperidine rings is 1. The minimum atomic E-state index is -0.364. The molecule has 0 radical (unpaired) electrons. The summed E-state index contributed by atoms with van der Waals surface area (Å²) in [7, 11) is 0. The number of aromatic nitrogens is 1. The Morgan fingerprint density at radius 2 is 2.05 bits per heavy atom. The summed E-state index contributed by atoms with van der Waals surface area (Å²) in [6.45, 7) is 3.67. The van der Waals surface area contributed by atoms with Gasteiger partial charge in [0.1, 0.15) is 0 Å². The number of carbonyl (C=O) groups excluding carboxylic acids is 1. The zero-order chi connectivity index (χ0) is 14.7. The van der Waals surface area contributed by atoms with Crippen molar-refractivity contribution in [3.05, 3.63) is 35.5 Å². The monoisotopic (exact) mass is 285 g/mol. The molecule has 1 amide bonds. The summed E-state index contributed by atoms with van der Waals surface area (Å²) < 4.78 is 0. The summed E-state index contributed by atoms with van der Waals surface area (Å²) in [5, 5.41) is 1.13. The fraction of sp³-hybridized carbons (Fsp3) is 0.471. The zero-order valence-electron chi connectivity index (χ0n) is 12.4. The molecular weight excluding hydrogens is 262 g/mol. The van der Waals surface area contributed by atoms with Gasteiger partial charge in [0, 0.05) is 22.7 Å². The number of nitrogens with two attached hydrogens (primary N) is 1. The summed E-state index contributed by atoms with van der Waals surface area (Å²) in [5.41, 5.74) is 8.31. The van der Waals surface area contributed by atoms with E-state index in [1.807, 2.05) is 12.1 Å². The van der Waals surface area contributed by atoms with Gasteiger partial charge in [-0.2, -0.15) is 0 Å². The molecule has 2 heterocycles. The first-order valence-corrected chi connectivity index (χ1v) is 7.86. The number of nitrogens with one attached hydrogen (secondary N) is 1. The van der Waals surface area contributed by atoms with Crippen LogP contribution >= 0.6 is 0 Å². The number of amides is 1. The molecule has 1 saturated heterocycles. The van der Waals surface area contributed by atoms with E-state index in [0.29, 0.717) is 5.56 Å². The van der Waals surface area contributed by atoms with E-state index in [1.165, 1.54) is 44.5 Å². The van der Waals surface area contributed by atoms with Gasteiger partial charge in [-0.25, -0.2) is 0 Å². The average Bonchev–Trinajstić information content (AvgIpc) is 2.91. The summed E-state index contributed by atoms with van der Waals surface area (Å²) in [4.78, 5) is 17.1. The van der Waals surface area contributed by atoms with Crippen molar-refractivity contribution in [2.45, 2.75) is 32.1 Å². The second kappa shape index (κ2) is 6.31. The lowest BCUT2D eigenvalue weighted by Crippen LogP contribution is -2.30. The topological polar surface area (TPSA) is 62.1 Å². The van der Waals surface area contributed by atoms with Crippen LogP contribution in [0.3, 0.4) is 0 Å². The molecule has 0 saturated carbocycles. The van der Waals surface area contributed by atoms with Crippen LogP contribution in [0, 0.1) is 0 Å². The van der Waals surface area contributed by atoms with Gasteiger partial charge in [0.05, 0.1) is 0 Å². The minimum Gasteiger partial charge on any atom is -0.366 e. The number of benzene rings is 1. The van der Waals surface area contributed by atoms with Crippen molar-refractivity contribution in [3.8, 4) is 0 Å². The summed E-state index contributed by atoms with van der Waals surface area (Å²) in [6.07, 6.45) is 8.33.